The molecule has 2 aromatic carbocycles. The average Bonchev–Trinajstić information content (AvgIpc) is 3.42. The Labute approximate surface area is 151 Å². The predicted molar refractivity (Wildman–Crippen MR) is 96.5 cm³/mol. The highest BCUT2D eigenvalue weighted by Gasteiger charge is 2.48. The Morgan fingerprint density at radius 2 is 1.76 bits per heavy atom. The van der Waals surface area contributed by atoms with Gasteiger partial charge in [-0.2, -0.15) is 0 Å². The number of amides is 2. The van der Waals surface area contributed by atoms with Gasteiger partial charge < -0.3 is 15.4 Å². The standard InChI is InChI=1S/C19H19ClN2O3/c1-25-17-5-3-2-4-16(17)22-19(24)15-10-14(15)18(23)21-11-12-6-8-13(20)9-7-12/h2-9,14-15H,10-11H2,1H3,(H,21,23)(H,22,24). The Kier molecular flexibility index (Phi) is 5.24. The second-order valence-electron chi connectivity index (χ2n) is 5.98. The fraction of sp³-hybridized carbons (Fsp3) is 0.263. The average molecular weight is 359 g/mol. The quantitative estimate of drug-likeness (QED) is 0.833. The summed E-state index contributed by atoms with van der Waals surface area (Å²) < 4.78 is 5.21. The number of methoxy groups -OCH3 is 1. The van der Waals surface area contributed by atoms with Crippen molar-refractivity contribution in [3.05, 3.63) is 59.1 Å². The van der Waals surface area contributed by atoms with Crippen molar-refractivity contribution in [1.29, 1.82) is 0 Å². The Hall–Kier alpha value is -2.53. The number of anilines is 1. The van der Waals surface area contributed by atoms with Gasteiger partial charge >= 0.3 is 0 Å². The molecule has 2 unspecified atom stereocenters. The van der Waals surface area contributed by atoms with E-state index in [1.54, 1.807) is 31.4 Å². The first-order chi connectivity index (χ1) is 12.1. The second kappa shape index (κ2) is 7.57. The number of nitrogens with one attached hydrogen (secondary N) is 2. The first-order valence-electron chi connectivity index (χ1n) is 8.04. The van der Waals surface area contributed by atoms with Crippen LogP contribution in [0.2, 0.25) is 5.02 Å². The van der Waals surface area contributed by atoms with Crippen molar-refractivity contribution in [3.8, 4) is 5.75 Å². The highest BCUT2D eigenvalue weighted by molar-refractivity contribution is 6.30. The van der Waals surface area contributed by atoms with Crippen LogP contribution in [0.1, 0.15) is 12.0 Å². The molecule has 2 N–H and O–H groups in total. The fourth-order valence-corrected chi connectivity index (χ4v) is 2.80. The zero-order chi connectivity index (χ0) is 17.8. The molecule has 5 nitrogen and oxygen atoms in total. The van der Waals surface area contributed by atoms with Gasteiger partial charge in [-0.1, -0.05) is 35.9 Å². The van der Waals surface area contributed by atoms with E-state index in [1.807, 2.05) is 24.3 Å². The number of benzene rings is 2. The minimum absolute atomic E-state index is 0.102. The first kappa shape index (κ1) is 17.3. The molecule has 2 amide bonds. The number of hydrogen-bond donors (Lipinski definition) is 2. The van der Waals surface area contributed by atoms with Crippen LogP contribution in [-0.4, -0.2) is 18.9 Å². The highest BCUT2D eigenvalue weighted by atomic mass is 35.5. The molecule has 1 fully saturated rings. The Balaban J connectivity index is 1.50. The summed E-state index contributed by atoms with van der Waals surface area (Å²) in [5.74, 6) is -0.233. The third kappa shape index (κ3) is 4.31. The van der Waals surface area contributed by atoms with Gasteiger partial charge in [-0.05, 0) is 36.2 Å². The molecule has 0 heterocycles. The number of ether oxygens (including phenoxy) is 1. The van der Waals surface area contributed by atoms with E-state index >= 15 is 0 Å². The monoisotopic (exact) mass is 358 g/mol. The van der Waals surface area contributed by atoms with E-state index in [-0.39, 0.29) is 23.7 Å². The van der Waals surface area contributed by atoms with Gasteiger partial charge in [-0.3, -0.25) is 9.59 Å². The van der Waals surface area contributed by atoms with Gasteiger partial charge in [0.1, 0.15) is 5.75 Å². The van der Waals surface area contributed by atoms with Crippen LogP contribution in [0.25, 0.3) is 0 Å². The number of hydrogen-bond acceptors (Lipinski definition) is 3. The molecule has 6 heteroatoms. The van der Waals surface area contributed by atoms with Crippen molar-refractivity contribution in [3.63, 3.8) is 0 Å². The molecule has 2 atom stereocenters. The summed E-state index contributed by atoms with van der Waals surface area (Å²) in [6.45, 7) is 0.424. The summed E-state index contributed by atoms with van der Waals surface area (Å²) in [5, 5.41) is 6.35. The van der Waals surface area contributed by atoms with E-state index in [2.05, 4.69) is 10.6 Å². The lowest BCUT2D eigenvalue weighted by molar-refractivity contribution is -0.125. The number of carbonyl (C=O) groups is 2. The molecular weight excluding hydrogens is 340 g/mol. The van der Waals surface area contributed by atoms with Gasteiger partial charge in [-0.15, -0.1) is 0 Å². The fourth-order valence-electron chi connectivity index (χ4n) is 2.67. The summed E-state index contributed by atoms with van der Waals surface area (Å²) in [5.41, 5.74) is 1.58. The highest BCUT2D eigenvalue weighted by Crippen LogP contribution is 2.40. The maximum Gasteiger partial charge on any atom is 0.228 e. The number of halogens is 1. The Bertz CT molecular complexity index is 776. The van der Waals surface area contributed by atoms with Crippen LogP contribution in [0.3, 0.4) is 0 Å². The first-order valence-corrected chi connectivity index (χ1v) is 8.42. The summed E-state index contributed by atoms with van der Waals surface area (Å²) in [6, 6.07) is 14.5. The topological polar surface area (TPSA) is 67.4 Å². The minimum Gasteiger partial charge on any atom is -0.495 e. The van der Waals surface area contributed by atoms with Gasteiger partial charge in [0.15, 0.2) is 0 Å². The van der Waals surface area contributed by atoms with Gasteiger partial charge in [0.25, 0.3) is 0 Å². The van der Waals surface area contributed by atoms with E-state index in [0.717, 1.165) is 5.56 Å². The Morgan fingerprint density at radius 3 is 2.48 bits per heavy atom. The molecule has 0 radical (unpaired) electrons. The second-order valence-corrected chi connectivity index (χ2v) is 6.42. The van der Waals surface area contributed by atoms with Crippen LogP contribution >= 0.6 is 11.6 Å². The maximum absolute atomic E-state index is 12.3. The van der Waals surface area contributed by atoms with Crippen LogP contribution in [-0.2, 0) is 16.1 Å². The molecule has 0 bridgehead atoms. The van der Waals surface area contributed by atoms with E-state index < -0.39 is 0 Å². The minimum atomic E-state index is -0.296. The van der Waals surface area contributed by atoms with Gasteiger partial charge in [0, 0.05) is 11.6 Å². The molecule has 0 saturated heterocycles. The van der Waals surface area contributed by atoms with Crippen LogP contribution in [0, 0.1) is 11.8 Å². The molecule has 0 aromatic heterocycles. The van der Waals surface area contributed by atoms with Crippen molar-refractivity contribution in [2.24, 2.45) is 11.8 Å². The largest absolute Gasteiger partial charge is 0.495 e. The molecule has 1 aliphatic carbocycles. The Morgan fingerprint density at radius 1 is 1.08 bits per heavy atom. The van der Waals surface area contributed by atoms with Crippen molar-refractivity contribution in [1.82, 2.24) is 5.32 Å². The lowest BCUT2D eigenvalue weighted by Gasteiger charge is -2.09. The van der Waals surface area contributed by atoms with E-state index in [9.17, 15) is 9.59 Å². The van der Waals surface area contributed by atoms with Gasteiger partial charge in [-0.25, -0.2) is 0 Å². The number of rotatable bonds is 6. The van der Waals surface area contributed by atoms with Crippen LogP contribution < -0.4 is 15.4 Å². The summed E-state index contributed by atoms with van der Waals surface area (Å²) >= 11 is 5.84. The predicted octanol–water partition coefficient (Wildman–Crippen LogP) is 3.24. The molecular formula is C19H19ClN2O3. The molecule has 0 spiro atoms. The van der Waals surface area contributed by atoms with Gasteiger partial charge in [0.05, 0.1) is 24.6 Å². The normalized spacial score (nSPS) is 18.3. The molecule has 1 saturated carbocycles. The van der Waals surface area contributed by atoms with Crippen molar-refractivity contribution in [2.75, 3.05) is 12.4 Å². The molecule has 3 rings (SSSR count). The number of carbonyl (C=O) groups excluding carboxylic acids is 2. The summed E-state index contributed by atoms with van der Waals surface area (Å²) in [6.07, 6.45) is 0.563. The van der Waals surface area contributed by atoms with Crippen molar-refractivity contribution >= 4 is 29.1 Å². The molecule has 2 aromatic rings. The number of para-hydroxylation sites is 2. The molecule has 25 heavy (non-hydrogen) atoms. The van der Waals surface area contributed by atoms with E-state index in [1.165, 1.54) is 0 Å². The van der Waals surface area contributed by atoms with Crippen LogP contribution in [0.15, 0.2) is 48.5 Å². The zero-order valence-corrected chi connectivity index (χ0v) is 14.5. The maximum atomic E-state index is 12.3. The molecule has 1 aliphatic rings. The molecule has 0 aliphatic heterocycles. The zero-order valence-electron chi connectivity index (χ0n) is 13.8. The van der Waals surface area contributed by atoms with Gasteiger partial charge in [0.2, 0.25) is 11.8 Å². The lowest BCUT2D eigenvalue weighted by atomic mass is 10.2. The van der Waals surface area contributed by atoms with E-state index in [0.29, 0.717) is 29.4 Å². The van der Waals surface area contributed by atoms with Crippen LogP contribution in [0.5, 0.6) is 5.75 Å². The third-order valence-electron chi connectivity index (χ3n) is 4.21. The third-order valence-corrected chi connectivity index (χ3v) is 4.46. The lowest BCUT2D eigenvalue weighted by Crippen LogP contribution is -2.27. The summed E-state index contributed by atoms with van der Waals surface area (Å²) in [4.78, 5) is 24.5. The van der Waals surface area contributed by atoms with Crippen molar-refractivity contribution in [2.45, 2.75) is 13.0 Å². The van der Waals surface area contributed by atoms with Crippen LogP contribution in [0.4, 0.5) is 5.69 Å². The summed E-state index contributed by atoms with van der Waals surface area (Å²) in [7, 11) is 1.55. The SMILES string of the molecule is COc1ccccc1NC(=O)C1CC1C(=O)NCc1ccc(Cl)cc1. The van der Waals surface area contributed by atoms with Crippen molar-refractivity contribution < 1.29 is 14.3 Å². The smallest absolute Gasteiger partial charge is 0.228 e. The van der Waals surface area contributed by atoms with E-state index in [4.69, 9.17) is 16.3 Å². The molecule has 130 valence electrons.